The summed E-state index contributed by atoms with van der Waals surface area (Å²) in [6.07, 6.45) is 1.05. The first-order valence-electron chi connectivity index (χ1n) is 10.4. The van der Waals surface area contributed by atoms with Crippen LogP contribution in [-0.2, 0) is 9.47 Å². The van der Waals surface area contributed by atoms with Crippen molar-refractivity contribution in [2.24, 2.45) is 5.92 Å². The molecule has 0 radical (unpaired) electrons. The number of amides is 2. The maximum atomic E-state index is 12.5. The Balaban J connectivity index is 1.32. The van der Waals surface area contributed by atoms with Crippen molar-refractivity contribution >= 4 is 11.7 Å². The topological polar surface area (TPSA) is 62.8 Å². The molecule has 29 heavy (non-hydrogen) atoms. The molecule has 2 saturated heterocycles. The van der Waals surface area contributed by atoms with Crippen molar-refractivity contribution < 1.29 is 14.3 Å². The van der Waals surface area contributed by atoms with E-state index in [1.54, 1.807) is 0 Å². The maximum absolute atomic E-state index is 12.5. The monoisotopic (exact) mass is 395 g/mol. The van der Waals surface area contributed by atoms with E-state index in [1.165, 1.54) is 0 Å². The van der Waals surface area contributed by atoms with Crippen molar-refractivity contribution in [1.82, 2.24) is 10.2 Å². The fraction of sp³-hybridized carbons (Fsp3) is 0.435. The zero-order chi connectivity index (χ0) is 19.9. The molecule has 6 nitrogen and oxygen atoms in total. The van der Waals surface area contributed by atoms with E-state index in [-0.39, 0.29) is 12.1 Å². The summed E-state index contributed by atoms with van der Waals surface area (Å²) in [5.74, 6) is 0.457. The average molecular weight is 396 g/mol. The number of morpholine rings is 1. The molecule has 0 spiro atoms. The quantitative estimate of drug-likeness (QED) is 0.788. The lowest BCUT2D eigenvalue weighted by molar-refractivity contribution is 0.00222. The van der Waals surface area contributed by atoms with Crippen molar-refractivity contribution in [2.45, 2.75) is 12.5 Å². The smallest absolute Gasteiger partial charge is 0.319 e. The predicted octanol–water partition coefficient (Wildman–Crippen LogP) is 3.21. The van der Waals surface area contributed by atoms with Crippen molar-refractivity contribution in [1.29, 1.82) is 0 Å². The number of urea groups is 1. The third-order valence-electron chi connectivity index (χ3n) is 5.75. The molecule has 0 saturated carbocycles. The van der Waals surface area contributed by atoms with E-state index in [9.17, 15) is 4.79 Å². The molecule has 0 aromatic heterocycles. The molecular formula is C23H29N3O3. The highest BCUT2D eigenvalue weighted by atomic mass is 16.5. The first kappa shape index (κ1) is 19.9. The van der Waals surface area contributed by atoms with Gasteiger partial charge in [0, 0.05) is 43.9 Å². The van der Waals surface area contributed by atoms with Crippen LogP contribution in [0.4, 0.5) is 10.5 Å². The molecule has 2 aliphatic rings. The first-order chi connectivity index (χ1) is 14.3. The molecular weight excluding hydrogens is 366 g/mol. The molecule has 4 rings (SSSR count). The Morgan fingerprint density at radius 3 is 2.38 bits per heavy atom. The van der Waals surface area contributed by atoms with Crippen LogP contribution in [0.15, 0.2) is 54.6 Å². The van der Waals surface area contributed by atoms with Crippen LogP contribution in [0.3, 0.4) is 0 Å². The molecule has 0 bridgehead atoms. The van der Waals surface area contributed by atoms with Gasteiger partial charge in [-0.15, -0.1) is 0 Å². The molecule has 154 valence electrons. The summed E-state index contributed by atoms with van der Waals surface area (Å²) >= 11 is 0. The Morgan fingerprint density at radius 1 is 0.966 bits per heavy atom. The fourth-order valence-electron chi connectivity index (χ4n) is 4.11. The standard InChI is InChI=1S/C23H29N3O3/c27-23(25-21-8-6-19(7-9-21)18-4-2-1-3-5-18)24-16-22(20-10-13-29-17-20)26-11-14-28-15-12-26/h1-9,20,22H,10-17H2,(H2,24,25,27)/t20-,22-/m0/s1. The summed E-state index contributed by atoms with van der Waals surface area (Å²) in [5, 5.41) is 6.01. The fourth-order valence-corrected chi connectivity index (χ4v) is 4.11. The molecule has 2 amide bonds. The molecule has 2 N–H and O–H groups in total. The minimum atomic E-state index is -0.172. The number of benzene rings is 2. The minimum Gasteiger partial charge on any atom is -0.381 e. The third-order valence-corrected chi connectivity index (χ3v) is 5.75. The Bertz CT molecular complexity index is 770. The first-order valence-corrected chi connectivity index (χ1v) is 10.4. The van der Waals surface area contributed by atoms with Crippen LogP contribution in [0, 0.1) is 5.92 Å². The van der Waals surface area contributed by atoms with Crippen LogP contribution in [0.25, 0.3) is 11.1 Å². The van der Waals surface area contributed by atoms with E-state index in [0.29, 0.717) is 12.5 Å². The summed E-state index contributed by atoms with van der Waals surface area (Å²) in [4.78, 5) is 14.9. The molecule has 2 aromatic carbocycles. The van der Waals surface area contributed by atoms with Gasteiger partial charge in [0.25, 0.3) is 0 Å². The maximum Gasteiger partial charge on any atom is 0.319 e. The van der Waals surface area contributed by atoms with Crippen LogP contribution < -0.4 is 10.6 Å². The van der Waals surface area contributed by atoms with E-state index < -0.39 is 0 Å². The molecule has 2 aliphatic heterocycles. The van der Waals surface area contributed by atoms with Crippen molar-refractivity contribution in [3.8, 4) is 11.1 Å². The molecule has 2 atom stereocenters. The van der Waals surface area contributed by atoms with Crippen LogP contribution in [0.5, 0.6) is 0 Å². The van der Waals surface area contributed by atoms with Gasteiger partial charge in [-0.1, -0.05) is 42.5 Å². The minimum absolute atomic E-state index is 0.172. The molecule has 2 heterocycles. The van der Waals surface area contributed by atoms with Gasteiger partial charge in [0.15, 0.2) is 0 Å². The Morgan fingerprint density at radius 2 is 1.69 bits per heavy atom. The summed E-state index contributed by atoms with van der Waals surface area (Å²) in [5.41, 5.74) is 3.08. The van der Waals surface area contributed by atoms with Gasteiger partial charge in [-0.2, -0.15) is 0 Å². The van der Waals surface area contributed by atoms with Crippen molar-refractivity contribution in [2.75, 3.05) is 51.4 Å². The van der Waals surface area contributed by atoms with Gasteiger partial charge in [0.1, 0.15) is 0 Å². The zero-order valence-corrected chi connectivity index (χ0v) is 16.7. The van der Waals surface area contributed by atoms with Gasteiger partial charge in [0.2, 0.25) is 0 Å². The number of hydrogen-bond acceptors (Lipinski definition) is 4. The van der Waals surface area contributed by atoms with E-state index in [0.717, 1.165) is 62.8 Å². The van der Waals surface area contributed by atoms with E-state index >= 15 is 0 Å². The number of hydrogen-bond donors (Lipinski definition) is 2. The van der Waals surface area contributed by atoms with Gasteiger partial charge in [-0.05, 0) is 29.7 Å². The highest BCUT2D eigenvalue weighted by Crippen LogP contribution is 2.23. The van der Waals surface area contributed by atoms with Gasteiger partial charge in [-0.3, -0.25) is 4.90 Å². The second-order valence-corrected chi connectivity index (χ2v) is 7.62. The molecule has 2 aromatic rings. The van der Waals surface area contributed by atoms with Crippen LogP contribution in [0.1, 0.15) is 6.42 Å². The van der Waals surface area contributed by atoms with Gasteiger partial charge < -0.3 is 20.1 Å². The number of anilines is 1. The van der Waals surface area contributed by atoms with E-state index in [4.69, 9.17) is 9.47 Å². The lowest BCUT2D eigenvalue weighted by Crippen LogP contribution is -2.52. The zero-order valence-electron chi connectivity index (χ0n) is 16.7. The highest BCUT2D eigenvalue weighted by molar-refractivity contribution is 5.89. The normalized spacial score (nSPS) is 20.9. The number of nitrogens with one attached hydrogen (secondary N) is 2. The number of carbonyl (C=O) groups is 1. The lowest BCUT2D eigenvalue weighted by atomic mass is 9.97. The largest absolute Gasteiger partial charge is 0.381 e. The van der Waals surface area contributed by atoms with Crippen LogP contribution >= 0.6 is 0 Å². The number of carbonyl (C=O) groups excluding carboxylic acids is 1. The molecule has 0 unspecified atom stereocenters. The Hall–Kier alpha value is -2.41. The van der Waals surface area contributed by atoms with Gasteiger partial charge in [0.05, 0.1) is 19.8 Å². The second kappa shape index (κ2) is 9.87. The number of nitrogens with zero attached hydrogens (tertiary/aromatic N) is 1. The average Bonchev–Trinajstić information content (AvgIpc) is 3.30. The molecule has 0 aliphatic carbocycles. The van der Waals surface area contributed by atoms with E-state index in [2.05, 4.69) is 27.7 Å². The summed E-state index contributed by atoms with van der Waals surface area (Å²) in [7, 11) is 0. The summed E-state index contributed by atoms with van der Waals surface area (Å²) < 4.78 is 11.1. The summed E-state index contributed by atoms with van der Waals surface area (Å²) in [6, 6.07) is 18.2. The highest BCUT2D eigenvalue weighted by Gasteiger charge is 2.31. The number of ether oxygens (including phenoxy) is 2. The third kappa shape index (κ3) is 5.35. The summed E-state index contributed by atoms with van der Waals surface area (Å²) in [6.45, 7) is 5.52. The molecule has 6 heteroatoms. The Labute approximate surface area is 172 Å². The predicted molar refractivity (Wildman–Crippen MR) is 114 cm³/mol. The SMILES string of the molecule is O=C(NC[C@@H]([C@H]1CCOC1)N1CCOCC1)Nc1ccc(-c2ccccc2)cc1. The number of rotatable bonds is 6. The second-order valence-electron chi connectivity index (χ2n) is 7.62. The van der Waals surface area contributed by atoms with Crippen LogP contribution in [0.2, 0.25) is 0 Å². The van der Waals surface area contributed by atoms with Gasteiger partial charge >= 0.3 is 6.03 Å². The van der Waals surface area contributed by atoms with Crippen molar-refractivity contribution in [3.05, 3.63) is 54.6 Å². The van der Waals surface area contributed by atoms with Gasteiger partial charge in [-0.25, -0.2) is 4.79 Å². The lowest BCUT2D eigenvalue weighted by Gasteiger charge is -2.37. The molecule has 2 fully saturated rings. The van der Waals surface area contributed by atoms with Crippen molar-refractivity contribution in [3.63, 3.8) is 0 Å². The Kier molecular flexibility index (Phi) is 6.77. The van der Waals surface area contributed by atoms with Crippen LogP contribution in [-0.4, -0.2) is 63.0 Å². The van der Waals surface area contributed by atoms with E-state index in [1.807, 2.05) is 42.5 Å².